The summed E-state index contributed by atoms with van der Waals surface area (Å²) >= 11 is 0. The molecule has 2 nitrogen and oxygen atoms in total. The van der Waals surface area contributed by atoms with Crippen LogP contribution in [0.25, 0.3) is 0 Å². The molecule has 2 fully saturated rings. The van der Waals surface area contributed by atoms with Crippen molar-refractivity contribution in [1.29, 1.82) is 0 Å². The SMILES string of the molecule is CO[C@H]1CC2[CH]CCCC2O1. The van der Waals surface area contributed by atoms with Gasteiger partial charge in [0.15, 0.2) is 6.29 Å². The number of hydrogen-bond acceptors (Lipinski definition) is 2. The van der Waals surface area contributed by atoms with Gasteiger partial charge >= 0.3 is 0 Å². The zero-order chi connectivity index (χ0) is 7.68. The first kappa shape index (κ1) is 7.56. The van der Waals surface area contributed by atoms with E-state index in [-0.39, 0.29) is 6.29 Å². The molecule has 0 amide bonds. The van der Waals surface area contributed by atoms with Crippen LogP contribution in [-0.4, -0.2) is 19.5 Å². The van der Waals surface area contributed by atoms with E-state index in [1.165, 1.54) is 19.3 Å². The Morgan fingerprint density at radius 1 is 1.55 bits per heavy atom. The van der Waals surface area contributed by atoms with Crippen molar-refractivity contribution in [3.05, 3.63) is 6.42 Å². The smallest absolute Gasteiger partial charge is 0.157 e. The van der Waals surface area contributed by atoms with Gasteiger partial charge < -0.3 is 9.47 Å². The van der Waals surface area contributed by atoms with Crippen molar-refractivity contribution in [2.24, 2.45) is 5.92 Å². The van der Waals surface area contributed by atoms with E-state index in [0.717, 1.165) is 6.42 Å². The zero-order valence-corrected chi connectivity index (χ0v) is 6.95. The Morgan fingerprint density at radius 2 is 2.45 bits per heavy atom. The second-order valence-electron chi connectivity index (χ2n) is 3.41. The van der Waals surface area contributed by atoms with Gasteiger partial charge in [0.05, 0.1) is 6.10 Å². The van der Waals surface area contributed by atoms with Crippen LogP contribution in [0.2, 0.25) is 0 Å². The number of rotatable bonds is 1. The highest BCUT2D eigenvalue weighted by atomic mass is 16.7. The maximum absolute atomic E-state index is 5.66. The molecular formula is C9H15O2. The molecule has 2 aliphatic rings. The van der Waals surface area contributed by atoms with Crippen LogP contribution in [0, 0.1) is 12.3 Å². The highest BCUT2D eigenvalue weighted by Gasteiger charge is 2.36. The first-order valence-electron chi connectivity index (χ1n) is 4.42. The molecular weight excluding hydrogens is 140 g/mol. The Bertz CT molecular complexity index is 122. The summed E-state index contributed by atoms with van der Waals surface area (Å²) in [6, 6.07) is 0. The van der Waals surface area contributed by atoms with Gasteiger partial charge in [-0.2, -0.15) is 0 Å². The van der Waals surface area contributed by atoms with E-state index in [0.29, 0.717) is 12.0 Å². The first-order valence-corrected chi connectivity index (χ1v) is 4.42. The molecule has 2 rings (SSSR count). The first-order chi connectivity index (χ1) is 5.40. The van der Waals surface area contributed by atoms with Crippen LogP contribution in [0.3, 0.4) is 0 Å². The van der Waals surface area contributed by atoms with E-state index in [2.05, 4.69) is 6.42 Å². The topological polar surface area (TPSA) is 18.5 Å². The summed E-state index contributed by atoms with van der Waals surface area (Å²) in [4.78, 5) is 0. The minimum absolute atomic E-state index is 0.0688. The summed E-state index contributed by atoms with van der Waals surface area (Å²) in [7, 11) is 1.72. The number of ether oxygens (including phenoxy) is 2. The maximum Gasteiger partial charge on any atom is 0.157 e. The van der Waals surface area contributed by atoms with Crippen molar-refractivity contribution in [1.82, 2.24) is 0 Å². The van der Waals surface area contributed by atoms with Crippen molar-refractivity contribution >= 4 is 0 Å². The average molecular weight is 155 g/mol. The molecule has 0 aromatic carbocycles. The van der Waals surface area contributed by atoms with Gasteiger partial charge in [-0.25, -0.2) is 0 Å². The normalized spacial score (nSPS) is 43.9. The molecule has 1 saturated carbocycles. The van der Waals surface area contributed by atoms with E-state index < -0.39 is 0 Å². The van der Waals surface area contributed by atoms with Crippen molar-refractivity contribution in [3.8, 4) is 0 Å². The Hall–Kier alpha value is -0.0800. The number of hydrogen-bond donors (Lipinski definition) is 0. The van der Waals surface area contributed by atoms with Crippen molar-refractivity contribution < 1.29 is 9.47 Å². The summed E-state index contributed by atoms with van der Waals surface area (Å²) in [5, 5.41) is 0. The van der Waals surface area contributed by atoms with E-state index in [1.807, 2.05) is 0 Å². The van der Waals surface area contributed by atoms with Gasteiger partial charge in [0.1, 0.15) is 0 Å². The summed E-state index contributed by atoms with van der Waals surface area (Å²) in [5.74, 6) is 0.675. The van der Waals surface area contributed by atoms with Crippen LogP contribution in [0.1, 0.15) is 25.7 Å². The summed E-state index contributed by atoms with van der Waals surface area (Å²) in [5.41, 5.74) is 0. The highest BCUT2D eigenvalue weighted by Crippen LogP contribution is 2.36. The van der Waals surface area contributed by atoms with Crippen LogP contribution in [0.5, 0.6) is 0 Å². The molecule has 11 heavy (non-hydrogen) atoms. The van der Waals surface area contributed by atoms with Gasteiger partial charge in [-0.15, -0.1) is 0 Å². The van der Waals surface area contributed by atoms with Gasteiger partial charge in [0.2, 0.25) is 0 Å². The van der Waals surface area contributed by atoms with Crippen LogP contribution in [-0.2, 0) is 9.47 Å². The molecule has 1 saturated heterocycles. The zero-order valence-electron chi connectivity index (χ0n) is 6.95. The van der Waals surface area contributed by atoms with Gasteiger partial charge in [0.25, 0.3) is 0 Å². The lowest BCUT2D eigenvalue weighted by Crippen LogP contribution is -2.20. The lowest BCUT2D eigenvalue weighted by atomic mass is 9.86. The Labute approximate surface area is 67.9 Å². The molecule has 63 valence electrons. The predicted molar refractivity (Wildman–Crippen MR) is 41.9 cm³/mol. The Kier molecular flexibility index (Phi) is 2.14. The van der Waals surface area contributed by atoms with Crippen molar-refractivity contribution in [2.45, 2.75) is 38.1 Å². The van der Waals surface area contributed by atoms with Crippen molar-refractivity contribution in [3.63, 3.8) is 0 Å². The van der Waals surface area contributed by atoms with Gasteiger partial charge in [0, 0.05) is 13.5 Å². The quantitative estimate of drug-likeness (QED) is 0.574. The molecule has 0 N–H and O–H groups in total. The molecule has 3 atom stereocenters. The maximum atomic E-state index is 5.66. The fraction of sp³-hybridized carbons (Fsp3) is 0.889. The third-order valence-corrected chi connectivity index (χ3v) is 2.69. The summed E-state index contributed by atoms with van der Waals surface area (Å²) < 4.78 is 10.8. The highest BCUT2D eigenvalue weighted by molar-refractivity contribution is 4.92. The second kappa shape index (κ2) is 3.11. The number of fused-ring (bicyclic) bond motifs is 1. The minimum atomic E-state index is 0.0688. The van der Waals surface area contributed by atoms with Crippen LogP contribution in [0.4, 0.5) is 0 Å². The Balaban J connectivity index is 1.92. The largest absolute Gasteiger partial charge is 0.356 e. The molecule has 1 heterocycles. The second-order valence-corrected chi connectivity index (χ2v) is 3.41. The number of methoxy groups -OCH3 is 1. The van der Waals surface area contributed by atoms with E-state index in [9.17, 15) is 0 Å². The average Bonchev–Trinajstić information content (AvgIpc) is 2.46. The van der Waals surface area contributed by atoms with E-state index >= 15 is 0 Å². The van der Waals surface area contributed by atoms with Crippen molar-refractivity contribution in [2.75, 3.05) is 7.11 Å². The lowest BCUT2D eigenvalue weighted by Gasteiger charge is -2.22. The van der Waals surface area contributed by atoms with Gasteiger partial charge in [-0.1, -0.05) is 6.42 Å². The van der Waals surface area contributed by atoms with E-state index in [4.69, 9.17) is 9.47 Å². The van der Waals surface area contributed by atoms with E-state index in [1.54, 1.807) is 7.11 Å². The molecule has 0 bridgehead atoms. The molecule has 2 unspecified atom stereocenters. The molecule has 0 aromatic heterocycles. The Morgan fingerprint density at radius 3 is 3.18 bits per heavy atom. The molecule has 1 aliphatic heterocycles. The van der Waals surface area contributed by atoms with Crippen LogP contribution < -0.4 is 0 Å². The van der Waals surface area contributed by atoms with Gasteiger partial charge in [-0.3, -0.25) is 0 Å². The van der Waals surface area contributed by atoms with Gasteiger partial charge in [-0.05, 0) is 25.2 Å². The lowest BCUT2D eigenvalue weighted by molar-refractivity contribution is -0.117. The third-order valence-electron chi connectivity index (χ3n) is 2.69. The minimum Gasteiger partial charge on any atom is -0.356 e. The fourth-order valence-corrected chi connectivity index (χ4v) is 2.06. The standard InChI is InChI=1S/C9H15O2/c1-10-9-6-7-4-2-3-5-8(7)11-9/h4,7-9H,2-3,5-6H2,1H3/t7?,8?,9-/m1/s1. The van der Waals surface area contributed by atoms with Crippen LogP contribution >= 0.6 is 0 Å². The molecule has 1 aliphatic carbocycles. The molecule has 0 aromatic rings. The summed E-state index contributed by atoms with van der Waals surface area (Å²) in [6.45, 7) is 0. The molecule has 2 heteroatoms. The fourth-order valence-electron chi connectivity index (χ4n) is 2.06. The predicted octanol–water partition coefficient (Wildman–Crippen LogP) is 1.75. The molecule has 1 radical (unpaired) electrons. The monoisotopic (exact) mass is 155 g/mol. The summed E-state index contributed by atoms with van der Waals surface area (Å²) in [6.07, 6.45) is 7.78. The third kappa shape index (κ3) is 1.42. The van der Waals surface area contributed by atoms with Crippen LogP contribution in [0.15, 0.2) is 0 Å². The molecule has 0 spiro atoms.